The number of allylic oxidation sites excluding steroid dienone is 1. The predicted octanol–water partition coefficient (Wildman–Crippen LogP) is 5.19. The van der Waals surface area contributed by atoms with Crippen molar-refractivity contribution in [2.45, 2.75) is 38.5 Å². The monoisotopic (exact) mass is 542 g/mol. The van der Waals surface area contributed by atoms with Crippen LogP contribution in [0.3, 0.4) is 0 Å². The number of rotatable bonds is 11. The fraction of sp³-hybridized carbons (Fsp3) is 0.280. The zero-order valence-corrected chi connectivity index (χ0v) is 22.2. The number of aryl methyl sites for hydroxylation is 1. The van der Waals surface area contributed by atoms with Gasteiger partial charge in [0.2, 0.25) is 5.91 Å². The van der Waals surface area contributed by atoms with E-state index in [4.69, 9.17) is 11.6 Å². The molecule has 0 radical (unpaired) electrons. The van der Waals surface area contributed by atoms with Crippen molar-refractivity contribution < 1.29 is 14.5 Å². The summed E-state index contributed by atoms with van der Waals surface area (Å²) in [4.78, 5) is 36.1. The predicted molar refractivity (Wildman–Crippen MR) is 144 cm³/mol. The number of nitrogens with one attached hydrogen (secondary N) is 2. The van der Waals surface area contributed by atoms with E-state index in [9.17, 15) is 19.7 Å². The van der Waals surface area contributed by atoms with E-state index >= 15 is 0 Å². The van der Waals surface area contributed by atoms with Crippen LogP contribution in [0.2, 0.25) is 5.02 Å². The molecule has 1 heterocycles. The van der Waals surface area contributed by atoms with Crippen LogP contribution >= 0.6 is 23.4 Å². The van der Waals surface area contributed by atoms with Crippen LogP contribution in [0.5, 0.6) is 0 Å². The Hall–Kier alpha value is -3.70. The molecule has 0 aliphatic rings. The Kier molecular flexibility index (Phi) is 9.42. The first-order valence-corrected chi connectivity index (χ1v) is 12.8. The zero-order chi connectivity index (χ0) is 27.1. The molecule has 37 heavy (non-hydrogen) atoms. The molecule has 3 aromatic rings. The minimum Gasteiger partial charge on any atom is -0.342 e. The quantitative estimate of drug-likeness (QED) is 0.147. The summed E-state index contributed by atoms with van der Waals surface area (Å²) in [6.07, 6.45) is 1.68. The Morgan fingerprint density at radius 3 is 2.62 bits per heavy atom. The molecular weight excluding hydrogens is 516 g/mol. The minimum atomic E-state index is -0.515. The van der Waals surface area contributed by atoms with Crippen molar-refractivity contribution in [2.24, 2.45) is 5.92 Å². The van der Waals surface area contributed by atoms with Gasteiger partial charge in [-0.25, -0.2) is 0 Å². The zero-order valence-electron chi connectivity index (χ0n) is 20.6. The molecule has 0 fully saturated rings. The lowest BCUT2D eigenvalue weighted by atomic mass is 10.0. The smallest absolute Gasteiger partial charge is 0.271 e. The second-order valence-corrected chi connectivity index (χ2v) is 9.86. The van der Waals surface area contributed by atoms with E-state index in [0.29, 0.717) is 39.4 Å². The third-order valence-electron chi connectivity index (χ3n) is 5.45. The number of anilines is 1. The molecule has 12 heteroatoms. The number of benzene rings is 2. The number of amides is 2. The normalized spacial score (nSPS) is 11.7. The fourth-order valence-corrected chi connectivity index (χ4v) is 4.48. The molecule has 2 amide bonds. The van der Waals surface area contributed by atoms with Gasteiger partial charge in [-0.15, -0.1) is 16.8 Å². The van der Waals surface area contributed by atoms with Crippen LogP contribution in [0.25, 0.3) is 0 Å². The van der Waals surface area contributed by atoms with Gasteiger partial charge in [0, 0.05) is 18.7 Å². The summed E-state index contributed by atoms with van der Waals surface area (Å²) >= 11 is 7.35. The largest absolute Gasteiger partial charge is 0.342 e. The number of carbonyl (C=O) groups excluding carboxylic acids is 2. The molecule has 0 saturated carbocycles. The standard InChI is InChI=1S/C25H27ClN6O4S/c1-5-12-31-23(22(15(2)3)28-24(34)18-8-6-7-9-19(18)26)29-30-25(31)37-14-21(33)27-20-13-17(32(35)36)11-10-16(20)4/h5-11,13,15,22H,1,12,14H2,2-4H3,(H,27,33)(H,28,34)/t22-/m0/s1. The number of aromatic nitrogens is 3. The van der Waals surface area contributed by atoms with E-state index in [0.717, 1.165) is 11.8 Å². The lowest BCUT2D eigenvalue weighted by molar-refractivity contribution is -0.384. The summed E-state index contributed by atoms with van der Waals surface area (Å²) in [6, 6.07) is 10.6. The third kappa shape index (κ3) is 6.95. The first kappa shape index (κ1) is 27.9. The molecule has 0 aliphatic heterocycles. The third-order valence-corrected chi connectivity index (χ3v) is 6.74. The van der Waals surface area contributed by atoms with Gasteiger partial charge >= 0.3 is 0 Å². The Morgan fingerprint density at radius 2 is 1.97 bits per heavy atom. The van der Waals surface area contributed by atoms with Crippen molar-refractivity contribution in [1.29, 1.82) is 0 Å². The van der Waals surface area contributed by atoms with Crippen molar-refractivity contribution in [3.8, 4) is 0 Å². The fourth-order valence-electron chi connectivity index (χ4n) is 3.51. The molecule has 10 nitrogen and oxygen atoms in total. The van der Waals surface area contributed by atoms with Gasteiger partial charge < -0.3 is 15.2 Å². The maximum absolute atomic E-state index is 12.9. The molecule has 0 unspecified atom stereocenters. The van der Waals surface area contributed by atoms with E-state index in [1.807, 2.05) is 13.8 Å². The summed E-state index contributed by atoms with van der Waals surface area (Å²) in [7, 11) is 0. The van der Waals surface area contributed by atoms with Crippen molar-refractivity contribution in [2.75, 3.05) is 11.1 Å². The summed E-state index contributed by atoms with van der Waals surface area (Å²) in [5, 5.41) is 26.2. The Labute approximate surface area is 223 Å². The average Bonchev–Trinajstić information content (AvgIpc) is 3.24. The van der Waals surface area contributed by atoms with Gasteiger partial charge in [0.1, 0.15) is 0 Å². The van der Waals surface area contributed by atoms with Crippen LogP contribution in [0.4, 0.5) is 11.4 Å². The minimum absolute atomic E-state index is 0.00423. The summed E-state index contributed by atoms with van der Waals surface area (Å²) in [6.45, 7) is 9.82. The van der Waals surface area contributed by atoms with Crippen LogP contribution in [0.15, 0.2) is 60.3 Å². The molecule has 194 valence electrons. The van der Waals surface area contributed by atoms with Crippen molar-refractivity contribution in [3.63, 3.8) is 0 Å². The van der Waals surface area contributed by atoms with Crippen LogP contribution in [-0.2, 0) is 11.3 Å². The number of non-ortho nitro benzene ring substituents is 1. The van der Waals surface area contributed by atoms with E-state index < -0.39 is 11.0 Å². The second-order valence-electron chi connectivity index (χ2n) is 8.51. The number of nitro groups is 1. The van der Waals surface area contributed by atoms with Gasteiger partial charge in [-0.1, -0.05) is 61.5 Å². The van der Waals surface area contributed by atoms with Gasteiger partial charge in [-0.2, -0.15) is 0 Å². The highest BCUT2D eigenvalue weighted by Crippen LogP contribution is 2.27. The molecule has 0 saturated heterocycles. The summed E-state index contributed by atoms with van der Waals surface area (Å²) < 4.78 is 1.79. The maximum Gasteiger partial charge on any atom is 0.271 e. The highest BCUT2D eigenvalue weighted by Gasteiger charge is 2.27. The highest BCUT2D eigenvalue weighted by atomic mass is 35.5. The number of hydrogen-bond donors (Lipinski definition) is 2. The van der Waals surface area contributed by atoms with E-state index in [1.54, 1.807) is 47.9 Å². The Morgan fingerprint density at radius 1 is 1.24 bits per heavy atom. The van der Waals surface area contributed by atoms with Crippen molar-refractivity contribution in [3.05, 3.63) is 87.2 Å². The van der Waals surface area contributed by atoms with Gasteiger partial charge in [0.05, 0.1) is 33.0 Å². The number of nitro benzene ring substituents is 1. The van der Waals surface area contributed by atoms with Gasteiger partial charge in [0.25, 0.3) is 11.6 Å². The van der Waals surface area contributed by atoms with Gasteiger partial charge in [0.15, 0.2) is 11.0 Å². The molecule has 1 atom stereocenters. The average molecular weight is 543 g/mol. The van der Waals surface area contributed by atoms with Gasteiger partial charge in [-0.3, -0.25) is 19.7 Å². The first-order valence-electron chi connectivity index (χ1n) is 11.4. The number of thioether (sulfide) groups is 1. The highest BCUT2D eigenvalue weighted by molar-refractivity contribution is 7.99. The molecule has 1 aromatic heterocycles. The first-order chi connectivity index (χ1) is 17.6. The van der Waals surface area contributed by atoms with Crippen LogP contribution in [-0.4, -0.2) is 37.3 Å². The number of nitrogens with zero attached hydrogens (tertiary/aromatic N) is 4. The lowest BCUT2D eigenvalue weighted by Crippen LogP contribution is -2.34. The van der Waals surface area contributed by atoms with Crippen LogP contribution in [0.1, 0.15) is 41.6 Å². The van der Waals surface area contributed by atoms with E-state index in [2.05, 4.69) is 27.4 Å². The molecule has 0 spiro atoms. The number of halogens is 1. The van der Waals surface area contributed by atoms with Crippen LogP contribution < -0.4 is 10.6 Å². The number of carbonyl (C=O) groups is 2. The molecule has 3 rings (SSSR count). The van der Waals surface area contributed by atoms with E-state index in [-0.39, 0.29) is 29.2 Å². The Balaban J connectivity index is 1.77. The SMILES string of the molecule is C=CCn1c(SCC(=O)Nc2cc([N+](=O)[O-])ccc2C)nnc1[C@@H](NC(=O)c1ccccc1Cl)C(C)C. The van der Waals surface area contributed by atoms with Crippen molar-refractivity contribution in [1.82, 2.24) is 20.1 Å². The lowest BCUT2D eigenvalue weighted by Gasteiger charge is -2.23. The van der Waals surface area contributed by atoms with Crippen molar-refractivity contribution >= 4 is 46.6 Å². The second kappa shape index (κ2) is 12.5. The molecule has 2 N–H and O–H groups in total. The molecule has 2 aromatic carbocycles. The molecule has 0 bridgehead atoms. The summed E-state index contributed by atoms with van der Waals surface area (Å²) in [5.41, 5.74) is 1.32. The van der Waals surface area contributed by atoms with Crippen LogP contribution in [0, 0.1) is 23.0 Å². The Bertz CT molecular complexity index is 1330. The summed E-state index contributed by atoms with van der Waals surface area (Å²) in [5.74, 6) is -0.200. The maximum atomic E-state index is 12.9. The molecule has 0 aliphatic carbocycles. The topological polar surface area (TPSA) is 132 Å². The van der Waals surface area contributed by atoms with E-state index in [1.165, 1.54) is 12.1 Å². The van der Waals surface area contributed by atoms with Gasteiger partial charge in [-0.05, 0) is 30.5 Å². The number of hydrogen-bond acceptors (Lipinski definition) is 7. The molecular formula is C25H27ClN6O4S.